The van der Waals surface area contributed by atoms with Gasteiger partial charge in [0, 0.05) is 0 Å². The van der Waals surface area contributed by atoms with Gasteiger partial charge in [-0.2, -0.15) is 0 Å². The number of fused-ring (bicyclic) bond motifs is 1. The lowest BCUT2D eigenvalue weighted by Crippen LogP contribution is -2.34. The van der Waals surface area contributed by atoms with E-state index in [1.165, 1.54) is 16.3 Å². The molecule has 0 saturated carbocycles. The van der Waals surface area contributed by atoms with E-state index in [4.69, 9.17) is 5.73 Å². The molecule has 0 heterocycles. The Morgan fingerprint density at radius 3 is 2.53 bits per heavy atom. The molecule has 1 atom stereocenters. The van der Waals surface area contributed by atoms with Gasteiger partial charge in [-0.1, -0.05) is 60.7 Å². The van der Waals surface area contributed by atoms with Crippen LogP contribution in [0.25, 0.3) is 10.8 Å². The third-order valence-corrected chi connectivity index (χ3v) is 3.38. The maximum atomic E-state index is 6.43. The molecule has 0 aliphatic heterocycles. The van der Waals surface area contributed by atoms with Crippen LogP contribution in [0.4, 0.5) is 0 Å². The summed E-state index contributed by atoms with van der Waals surface area (Å²) in [5, 5.41) is 2.51. The summed E-state index contributed by atoms with van der Waals surface area (Å²) in [7, 11) is 0. The fourth-order valence-corrected chi connectivity index (χ4v) is 2.33. The third-order valence-electron chi connectivity index (χ3n) is 3.38. The molecule has 0 fully saturated rings. The SMILES string of the molecule is NC1(c2ccc3ccccc3c2)C=CC=CC1. The largest absolute Gasteiger partial charge is 0.318 e. The summed E-state index contributed by atoms with van der Waals surface area (Å²) in [5.74, 6) is 0. The predicted octanol–water partition coefficient (Wildman–Crippen LogP) is 3.51. The highest BCUT2D eigenvalue weighted by molar-refractivity contribution is 5.83. The third kappa shape index (κ3) is 1.79. The van der Waals surface area contributed by atoms with Gasteiger partial charge < -0.3 is 5.73 Å². The number of allylic oxidation sites excluding steroid dienone is 2. The van der Waals surface area contributed by atoms with Gasteiger partial charge in [0.05, 0.1) is 5.54 Å². The second-order valence-corrected chi connectivity index (χ2v) is 4.59. The first-order valence-electron chi connectivity index (χ1n) is 5.90. The molecule has 0 radical (unpaired) electrons. The fraction of sp³-hybridized carbons (Fsp3) is 0.125. The van der Waals surface area contributed by atoms with Crippen LogP contribution in [0.5, 0.6) is 0 Å². The smallest absolute Gasteiger partial charge is 0.0633 e. The van der Waals surface area contributed by atoms with Crippen molar-refractivity contribution in [3.63, 3.8) is 0 Å². The van der Waals surface area contributed by atoms with Gasteiger partial charge in [0.25, 0.3) is 0 Å². The van der Waals surface area contributed by atoms with E-state index < -0.39 is 0 Å². The number of rotatable bonds is 1. The molecule has 1 aliphatic carbocycles. The van der Waals surface area contributed by atoms with E-state index in [0.29, 0.717) is 0 Å². The lowest BCUT2D eigenvalue weighted by atomic mass is 9.84. The van der Waals surface area contributed by atoms with Crippen molar-refractivity contribution >= 4 is 10.8 Å². The quantitative estimate of drug-likeness (QED) is 0.783. The summed E-state index contributed by atoms with van der Waals surface area (Å²) in [6.45, 7) is 0. The topological polar surface area (TPSA) is 26.0 Å². The second-order valence-electron chi connectivity index (χ2n) is 4.59. The predicted molar refractivity (Wildman–Crippen MR) is 72.7 cm³/mol. The Balaban J connectivity index is 2.12. The molecule has 84 valence electrons. The van der Waals surface area contributed by atoms with Gasteiger partial charge in [-0.3, -0.25) is 0 Å². The van der Waals surface area contributed by atoms with Crippen LogP contribution in [-0.2, 0) is 5.54 Å². The van der Waals surface area contributed by atoms with Crippen LogP contribution in [-0.4, -0.2) is 0 Å². The van der Waals surface area contributed by atoms with Gasteiger partial charge in [-0.15, -0.1) is 0 Å². The highest BCUT2D eigenvalue weighted by atomic mass is 14.7. The Hall–Kier alpha value is -1.86. The number of hydrogen-bond donors (Lipinski definition) is 1. The average molecular weight is 221 g/mol. The molecule has 0 saturated heterocycles. The van der Waals surface area contributed by atoms with Crippen LogP contribution in [0.3, 0.4) is 0 Å². The minimum atomic E-state index is -0.348. The average Bonchev–Trinajstić information content (AvgIpc) is 2.39. The summed E-state index contributed by atoms with van der Waals surface area (Å²) >= 11 is 0. The zero-order chi connectivity index (χ0) is 11.7. The Kier molecular flexibility index (Phi) is 2.34. The van der Waals surface area contributed by atoms with Gasteiger partial charge in [0.15, 0.2) is 0 Å². The molecule has 1 aliphatic rings. The van der Waals surface area contributed by atoms with E-state index in [1.807, 2.05) is 12.2 Å². The van der Waals surface area contributed by atoms with Gasteiger partial charge >= 0.3 is 0 Å². The van der Waals surface area contributed by atoms with Crippen molar-refractivity contribution in [2.24, 2.45) is 5.73 Å². The zero-order valence-electron chi connectivity index (χ0n) is 9.64. The highest BCUT2D eigenvalue weighted by Gasteiger charge is 2.23. The summed E-state index contributed by atoms with van der Waals surface area (Å²) in [6.07, 6.45) is 9.14. The van der Waals surface area contributed by atoms with Gasteiger partial charge in [0.2, 0.25) is 0 Å². The Bertz CT molecular complexity index is 610. The van der Waals surface area contributed by atoms with Crippen LogP contribution in [0.15, 0.2) is 66.8 Å². The van der Waals surface area contributed by atoms with Crippen molar-refractivity contribution in [2.45, 2.75) is 12.0 Å². The van der Waals surface area contributed by atoms with Crippen molar-refractivity contribution < 1.29 is 0 Å². The van der Waals surface area contributed by atoms with Crippen molar-refractivity contribution in [3.05, 3.63) is 72.3 Å². The highest BCUT2D eigenvalue weighted by Crippen LogP contribution is 2.29. The summed E-state index contributed by atoms with van der Waals surface area (Å²) in [6, 6.07) is 14.8. The minimum absolute atomic E-state index is 0.348. The Morgan fingerprint density at radius 1 is 0.941 bits per heavy atom. The molecule has 0 aromatic heterocycles. The molecule has 1 heteroatoms. The molecule has 0 spiro atoms. The molecule has 2 N–H and O–H groups in total. The van der Waals surface area contributed by atoms with Gasteiger partial charge in [0.1, 0.15) is 0 Å². The number of nitrogens with two attached hydrogens (primary N) is 1. The monoisotopic (exact) mass is 221 g/mol. The Labute approximate surface area is 101 Å². The molecule has 17 heavy (non-hydrogen) atoms. The van der Waals surface area contributed by atoms with Crippen molar-refractivity contribution in [2.75, 3.05) is 0 Å². The first-order chi connectivity index (χ1) is 8.28. The van der Waals surface area contributed by atoms with Crippen molar-refractivity contribution in [1.82, 2.24) is 0 Å². The van der Waals surface area contributed by atoms with E-state index in [0.717, 1.165) is 6.42 Å². The summed E-state index contributed by atoms with van der Waals surface area (Å²) in [4.78, 5) is 0. The minimum Gasteiger partial charge on any atom is -0.318 e. The maximum absolute atomic E-state index is 6.43. The summed E-state index contributed by atoms with van der Waals surface area (Å²) < 4.78 is 0. The van der Waals surface area contributed by atoms with Crippen LogP contribution >= 0.6 is 0 Å². The van der Waals surface area contributed by atoms with Crippen LogP contribution < -0.4 is 5.73 Å². The van der Waals surface area contributed by atoms with E-state index in [2.05, 4.69) is 54.6 Å². The first kappa shape index (κ1) is 10.3. The van der Waals surface area contributed by atoms with E-state index in [-0.39, 0.29) is 5.54 Å². The molecule has 2 aromatic carbocycles. The molecular formula is C16H15N. The second kappa shape index (κ2) is 3.86. The number of benzene rings is 2. The van der Waals surface area contributed by atoms with Gasteiger partial charge in [-0.25, -0.2) is 0 Å². The lowest BCUT2D eigenvalue weighted by Gasteiger charge is -2.27. The van der Waals surface area contributed by atoms with Crippen LogP contribution in [0.1, 0.15) is 12.0 Å². The van der Waals surface area contributed by atoms with Crippen molar-refractivity contribution in [1.29, 1.82) is 0 Å². The molecule has 1 nitrogen and oxygen atoms in total. The molecule has 3 rings (SSSR count). The molecule has 2 aromatic rings. The first-order valence-corrected chi connectivity index (χ1v) is 5.90. The van der Waals surface area contributed by atoms with E-state index in [9.17, 15) is 0 Å². The normalized spacial score (nSPS) is 23.1. The fourth-order valence-electron chi connectivity index (χ4n) is 2.33. The Morgan fingerprint density at radius 2 is 1.76 bits per heavy atom. The van der Waals surface area contributed by atoms with Gasteiger partial charge in [-0.05, 0) is 28.8 Å². The van der Waals surface area contributed by atoms with Crippen molar-refractivity contribution in [3.8, 4) is 0 Å². The van der Waals surface area contributed by atoms with Crippen LogP contribution in [0.2, 0.25) is 0 Å². The van der Waals surface area contributed by atoms with E-state index in [1.54, 1.807) is 0 Å². The van der Waals surface area contributed by atoms with E-state index >= 15 is 0 Å². The summed E-state index contributed by atoms with van der Waals surface area (Å²) in [5.41, 5.74) is 7.26. The maximum Gasteiger partial charge on any atom is 0.0633 e. The molecule has 0 bridgehead atoms. The molecule has 1 unspecified atom stereocenters. The molecule has 0 amide bonds. The van der Waals surface area contributed by atoms with Crippen LogP contribution in [0, 0.1) is 0 Å². The standard InChI is InChI=1S/C16H15N/c17-16(10-4-1-5-11-16)15-9-8-13-6-2-3-7-14(13)12-15/h1-10,12H,11,17H2. The lowest BCUT2D eigenvalue weighted by molar-refractivity contribution is 0.566. The zero-order valence-corrected chi connectivity index (χ0v) is 9.64. The number of hydrogen-bond acceptors (Lipinski definition) is 1. The molecular weight excluding hydrogens is 206 g/mol.